The molecule has 1 heterocycles. The summed E-state index contributed by atoms with van der Waals surface area (Å²) >= 11 is 0. The summed E-state index contributed by atoms with van der Waals surface area (Å²) in [6, 6.07) is 4.41. The first-order valence-electron chi connectivity index (χ1n) is 5.90. The van der Waals surface area contributed by atoms with Gasteiger partial charge in [-0.1, -0.05) is 13.8 Å². The van der Waals surface area contributed by atoms with Crippen LogP contribution in [0.5, 0.6) is 0 Å². The number of hydrogen-bond acceptors (Lipinski definition) is 3. The maximum absolute atomic E-state index is 13.2. The molecule has 0 aliphatic carbocycles. The Balaban J connectivity index is 2.54. The number of nitrogens with zero attached hydrogens (tertiary/aromatic N) is 1. The highest BCUT2D eigenvalue weighted by atomic mass is 19.1. The number of carboxylic acids is 1. The zero-order valence-corrected chi connectivity index (χ0v) is 10.9. The van der Waals surface area contributed by atoms with E-state index < -0.39 is 5.97 Å². The van der Waals surface area contributed by atoms with Gasteiger partial charge in [0.15, 0.2) is 0 Å². The van der Waals surface area contributed by atoms with Gasteiger partial charge in [0, 0.05) is 5.56 Å². The molecule has 19 heavy (non-hydrogen) atoms. The molecule has 0 spiro atoms. The Morgan fingerprint density at radius 3 is 2.58 bits per heavy atom. The van der Waals surface area contributed by atoms with Crippen molar-refractivity contribution in [2.24, 2.45) is 0 Å². The Hall–Kier alpha value is -2.17. The number of aromatic nitrogens is 1. The van der Waals surface area contributed by atoms with Gasteiger partial charge in [-0.2, -0.15) is 0 Å². The van der Waals surface area contributed by atoms with Crippen LogP contribution in [-0.2, 0) is 0 Å². The Kier molecular flexibility index (Phi) is 3.38. The molecule has 1 aromatic carbocycles. The summed E-state index contributed by atoms with van der Waals surface area (Å²) in [5.41, 5.74) is 1.41. The molecule has 0 atom stereocenters. The van der Waals surface area contributed by atoms with E-state index in [2.05, 4.69) is 4.98 Å². The zero-order chi connectivity index (χ0) is 14.2. The van der Waals surface area contributed by atoms with Crippen molar-refractivity contribution in [2.75, 3.05) is 0 Å². The van der Waals surface area contributed by atoms with Crippen molar-refractivity contribution in [3.8, 4) is 11.5 Å². The van der Waals surface area contributed by atoms with Crippen LogP contribution < -0.4 is 0 Å². The first-order chi connectivity index (χ1) is 8.90. The standard InChI is InChI=1S/C14H14FNO3/c1-7(2)11-12(14(17)18)19-13(16-11)9-4-5-10(15)8(3)6-9/h4-7H,1-3H3,(H,17,18). The van der Waals surface area contributed by atoms with Crippen LogP contribution in [-0.4, -0.2) is 16.1 Å². The number of halogens is 1. The van der Waals surface area contributed by atoms with Crippen LogP contribution in [0.25, 0.3) is 11.5 Å². The molecule has 2 aromatic rings. The van der Waals surface area contributed by atoms with Gasteiger partial charge in [0.1, 0.15) is 5.82 Å². The van der Waals surface area contributed by atoms with Crippen LogP contribution >= 0.6 is 0 Å². The van der Waals surface area contributed by atoms with Crippen LogP contribution in [0.2, 0.25) is 0 Å². The van der Waals surface area contributed by atoms with Gasteiger partial charge in [0.2, 0.25) is 11.7 Å². The summed E-state index contributed by atoms with van der Waals surface area (Å²) in [5, 5.41) is 9.08. The van der Waals surface area contributed by atoms with Crippen LogP contribution in [0.15, 0.2) is 22.6 Å². The molecular weight excluding hydrogens is 249 g/mol. The lowest BCUT2D eigenvalue weighted by molar-refractivity contribution is 0.0661. The fourth-order valence-electron chi connectivity index (χ4n) is 1.78. The van der Waals surface area contributed by atoms with Crippen molar-refractivity contribution in [3.05, 3.63) is 41.0 Å². The molecule has 1 N–H and O–H groups in total. The van der Waals surface area contributed by atoms with Gasteiger partial charge in [-0.25, -0.2) is 14.2 Å². The molecule has 100 valence electrons. The molecule has 0 bridgehead atoms. The number of aryl methyl sites for hydroxylation is 1. The Morgan fingerprint density at radius 2 is 2.11 bits per heavy atom. The molecule has 0 unspecified atom stereocenters. The van der Waals surface area contributed by atoms with E-state index in [0.717, 1.165) is 0 Å². The highest BCUT2D eigenvalue weighted by Gasteiger charge is 2.22. The van der Waals surface area contributed by atoms with Crippen LogP contribution in [0.4, 0.5) is 4.39 Å². The lowest BCUT2D eigenvalue weighted by Gasteiger charge is -1.99. The number of carbonyl (C=O) groups is 1. The van der Waals surface area contributed by atoms with Gasteiger partial charge in [-0.15, -0.1) is 0 Å². The summed E-state index contributed by atoms with van der Waals surface area (Å²) in [6.07, 6.45) is 0. The number of hydrogen-bond donors (Lipinski definition) is 1. The maximum atomic E-state index is 13.2. The van der Waals surface area contributed by atoms with Crippen LogP contribution in [0.1, 0.15) is 41.6 Å². The van der Waals surface area contributed by atoms with Crippen molar-refractivity contribution < 1.29 is 18.7 Å². The molecule has 4 nitrogen and oxygen atoms in total. The zero-order valence-electron chi connectivity index (χ0n) is 10.9. The van der Waals surface area contributed by atoms with Gasteiger partial charge in [-0.3, -0.25) is 0 Å². The molecule has 0 aliphatic heterocycles. The average molecular weight is 263 g/mol. The SMILES string of the molecule is Cc1cc(-c2nc(C(C)C)c(C(=O)O)o2)ccc1F. The quantitative estimate of drug-likeness (QED) is 0.918. The number of benzene rings is 1. The summed E-state index contributed by atoms with van der Waals surface area (Å²) in [4.78, 5) is 15.3. The molecule has 0 radical (unpaired) electrons. The fourth-order valence-corrected chi connectivity index (χ4v) is 1.78. The van der Waals surface area contributed by atoms with E-state index in [-0.39, 0.29) is 23.4 Å². The Labute approximate surface area is 109 Å². The predicted molar refractivity (Wildman–Crippen MR) is 67.7 cm³/mol. The molecule has 5 heteroatoms. The Bertz CT molecular complexity index is 632. The monoisotopic (exact) mass is 263 g/mol. The second-order valence-corrected chi connectivity index (χ2v) is 4.66. The second kappa shape index (κ2) is 4.84. The van der Waals surface area contributed by atoms with E-state index in [1.165, 1.54) is 12.1 Å². The highest BCUT2D eigenvalue weighted by molar-refractivity contribution is 5.86. The van der Waals surface area contributed by atoms with E-state index in [1.807, 2.05) is 13.8 Å². The van der Waals surface area contributed by atoms with Gasteiger partial charge in [-0.05, 0) is 36.6 Å². The smallest absolute Gasteiger partial charge is 0.373 e. The van der Waals surface area contributed by atoms with Crippen molar-refractivity contribution in [3.63, 3.8) is 0 Å². The van der Waals surface area contributed by atoms with Gasteiger partial charge in [0.05, 0.1) is 5.69 Å². The van der Waals surface area contributed by atoms with E-state index >= 15 is 0 Å². The topological polar surface area (TPSA) is 63.3 Å². The van der Waals surface area contributed by atoms with Crippen LogP contribution in [0.3, 0.4) is 0 Å². The highest BCUT2D eigenvalue weighted by Crippen LogP contribution is 2.27. The third-order valence-electron chi connectivity index (χ3n) is 2.80. The maximum Gasteiger partial charge on any atom is 0.373 e. The first-order valence-corrected chi connectivity index (χ1v) is 5.90. The molecule has 0 saturated carbocycles. The summed E-state index contributed by atoms with van der Waals surface area (Å²) in [7, 11) is 0. The number of carboxylic acid groups (broad SMARTS) is 1. The van der Waals surface area contributed by atoms with Crippen LogP contribution in [0, 0.1) is 12.7 Å². The summed E-state index contributed by atoms with van der Waals surface area (Å²) in [5.74, 6) is -1.50. The molecular formula is C14H14FNO3. The second-order valence-electron chi connectivity index (χ2n) is 4.66. The molecule has 0 fully saturated rings. The van der Waals surface area contributed by atoms with Gasteiger partial charge in [0.25, 0.3) is 0 Å². The average Bonchev–Trinajstić information content (AvgIpc) is 2.78. The number of aromatic carboxylic acids is 1. The largest absolute Gasteiger partial charge is 0.475 e. The van der Waals surface area contributed by atoms with E-state index in [4.69, 9.17) is 9.52 Å². The molecule has 0 aliphatic rings. The minimum Gasteiger partial charge on any atom is -0.475 e. The number of oxazole rings is 1. The van der Waals surface area contributed by atoms with Crippen molar-refractivity contribution in [1.82, 2.24) is 4.98 Å². The normalized spacial score (nSPS) is 11.0. The molecule has 2 rings (SSSR count). The van der Waals surface area contributed by atoms with E-state index in [1.54, 1.807) is 13.0 Å². The molecule has 0 saturated heterocycles. The lowest BCUT2D eigenvalue weighted by atomic mass is 10.1. The summed E-state index contributed by atoms with van der Waals surface area (Å²) < 4.78 is 18.5. The minimum atomic E-state index is -1.15. The number of rotatable bonds is 3. The first kappa shape index (κ1) is 13.3. The third-order valence-corrected chi connectivity index (χ3v) is 2.80. The van der Waals surface area contributed by atoms with Crippen molar-refractivity contribution in [1.29, 1.82) is 0 Å². The third kappa shape index (κ3) is 2.50. The lowest BCUT2D eigenvalue weighted by Crippen LogP contribution is -2.01. The predicted octanol–water partition coefficient (Wildman–Crippen LogP) is 3.61. The van der Waals surface area contributed by atoms with Crippen molar-refractivity contribution in [2.45, 2.75) is 26.7 Å². The summed E-state index contributed by atoms with van der Waals surface area (Å²) in [6.45, 7) is 5.30. The fraction of sp³-hybridized carbons (Fsp3) is 0.286. The van der Waals surface area contributed by atoms with E-state index in [9.17, 15) is 9.18 Å². The molecule has 0 amide bonds. The van der Waals surface area contributed by atoms with Crippen molar-refractivity contribution >= 4 is 5.97 Å². The minimum absolute atomic E-state index is 0.0647. The Morgan fingerprint density at radius 1 is 1.42 bits per heavy atom. The van der Waals surface area contributed by atoms with Gasteiger partial charge < -0.3 is 9.52 Å². The van der Waals surface area contributed by atoms with E-state index in [0.29, 0.717) is 16.8 Å². The van der Waals surface area contributed by atoms with Gasteiger partial charge >= 0.3 is 5.97 Å². The molecule has 1 aromatic heterocycles.